The molecular weight excluding hydrogens is 130 g/mol. The molecule has 1 aliphatic heterocycles. The summed E-state index contributed by atoms with van der Waals surface area (Å²) in [6.45, 7) is 8.89. The number of ether oxygens (including phenoxy) is 2. The fourth-order valence-electron chi connectivity index (χ4n) is 0.789. The smallest absolute Gasteiger partial charge is 0.257 e. The van der Waals surface area contributed by atoms with Crippen LogP contribution in [0.15, 0.2) is 4.99 Å². The lowest BCUT2D eigenvalue weighted by Gasteiger charge is -2.32. The Morgan fingerprint density at radius 2 is 1.90 bits per heavy atom. The van der Waals surface area contributed by atoms with E-state index in [0.29, 0.717) is 13.2 Å². The van der Waals surface area contributed by atoms with Crippen LogP contribution in [0, 0.1) is 5.41 Å². The van der Waals surface area contributed by atoms with Gasteiger partial charge in [-0.25, -0.2) is 4.99 Å². The largest absolute Gasteiger partial charge is 0.333 e. The highest BCUT2D eigenvalue weighted by Crippen LogP contribution is 2.22. The third-order valence-electron chi connectivity index (χ3n) is 1.38. The van der Waals surface area contributed by atoms with E-state index in [4.69, 9.17) is 9.47 Å². The first-order chi connectivity index (χ1) is 4.64. The van der Waals surface area contributed by atoms with Crippen molar-refractivity contribution in [2.24, 2.45) is 10.4 Å². The standard InChI is InChI=1S/C7H13NO2/c1-7(2)4-9-6(8-3)10-5-7/h6H,3-5H2,1-2H3. The van der Waals surface area contributed by atoms with Crippen LogP contribution in [0.3, 0.4) is 0 Å². The third-order valence-corrected chi connectivity index (χ3v) is 1.38. The second-order valence-electron chi connectivity index (χ2n) is 3.28. The van der Waals surface area contributed by atoms with Gasteiger partial charge in [0.1, 0.15) is 0 Å². The van der Waals surface area contributed by atoms with Crippen molar-refractivity contribution in [1.29, 1.82) is 0 Å². The maximum Gasteiger partial charge on any atom is 0.257 e. The molecule has 0 aromatic heterocycles. The summed E-state index contributed by atoms with van der Waals surface area (Å²) < 4.78 is 10.4. The van der Waals surface area contributed by atoms with Crippen LogP contribution in [0.25, 0.3) is 0 Å². The minimum Gasteiger partial charge on any atom is -0.333 e. The second-order valence-corrected chi connectivity index (χ2v) is 3.28. The van der Waals surface area contributed by atoms with Gasteiger partial charge in [-0.1, -0.05) is 13.8 Å². The van der Waals surface area contributed by atoms with Crippen molar-refractivity contribution in [2.75, 3.05) is 13.2 Å². The molecule has 1 rings (SSSR count). The summed E-state index contributed by atoms with van der Waals surface area (Å²) in [6, 6.07) is 0. The van der Waals surface area contributed by atoms with Crippen molar-refractivity contribution in [2.45, 2.75) is 20.3 Å². The summed E-state index contributed by atoms with van der Waals surface area (Å²) in [4.78, 5) is 3.62. The average Bonchev–Trinajstić information content (AvgIpc) is 1.88. The van der Waals surface area contributed by atoms with Crippen LogP contribution >= 0.6 is 0 Å². The molecule has 0 aromatic carbocycles. The highest BCUT2D eigenvalue weighted by Gasteiger charge is 2.27. The Kier molecular flexibility index (Phi) is 2.06. The summed E-state index contributed by atoms with van der Waals surface area (Å²) in [6.07, 6.45) is -0.437. The van der Waals surface area contributed by atoms with Gasteiger partial charge in [0.2, 0.25) is 0 Å². The molecule has 0 aliphatic carbocycles. The van der Waals surface area contributed by atoms with Crippen LogP contribution < -0.4 is 0 Å². The third kappa shape index (κ3) is 1.78. The van der Waals surface area contributed by atoms with E-state index in [1.54, 1.807) is 0 Å². The summed E-state index contributed by atoms with van der Waals surface area (Å²) in [7, 11) is 0. The lowest BCUT2D eigenvalue weighted by molar-refractivity contribution is -0.216. The maximum absolute atomic E-state index is 5.19. The van der Waals surface area contributed by atoms with E-state index < -0.39 is 6.41 Å². The maximum atomic E-state index is 5.19. The lowest BCUT2D eigenvalue weighted by atomic mass is 9.96. The van der Waals surface area contributed by atoms with Crippen LogP contribution in [0.4, 0.5) is 0 Å². The summed E-state index contributed by atoms with van der Waals surface area (Å²) in [5.74, 6) is 0. The monoisotopic (exact) mass is 143 g/mol. The van der Waals surface area contributed by atoms with Crippen molar-refractivity contribution < 1.29 is 9.47 Å². The predicted molar refractivity (Wildman–Crippen MR) is 39.0 cm³/mol. The van der Waals surface area contributed by atoms with Gasteiger partial charge >= 0.3 is 0 Å². The Morgan fingerprint density at radius 3 is 2.30 bits per heavy atom. The summed E-state index contributed by atoms with van der Waals surface area (Å²) >= 11 is 0. The topological polar surface area (TPSA) is 30.8 Å². The van der Waals surface area contributed by atoms with Crippen molar-refractivity contribution in [3.63, 3.8) is 0 Å². The molecular formula is C7H13NO2. The van der Waals surface area contributed by atoms with Crippen molar-refractivity contribution >= 4 is 6.72 Å². The fraction of sp³-hybridized carbons (Fsp3) is 0.857. The number of rotatable bonds is 1. The van der Waals surface area contributed by atoms with Gasteiger partial charge < -0.3 is 9.47 Å². The molecule has 0 spiro atoms. The van der Waals surface area contributed by atoms with E-state index in [9.17, 15) is 0 Å². The van der Waals surface area contributed by atoms with E-state index in [2.05, 4.69) is 25.6 Å². The molecule has 0 unspecified atom stereocenters. The molecule has 1 heterocycles. The van der Waals surface area contributed by atoms with Gasteiger partial charge in [-0.2, -0.15) is 0 Å². The Hall–Kier alpha value is -0.410. The van der Waals surface area contributed by atoms with Crippen LogP contribution in [0.2, 0.25) is 0 Å². The molecule has 0 atom stereocenters. The van der Waals surface area contributed by atoms with Crippen molar-refractivity contribution in [1.82, 2.24) is 0 Å². The van der Waals surface area contributed by atoms with Gasteiger partial charge in [-0.05, 0) is 6.72 Å². The summed E-state index contributed by atoms with van der Waals surface area (Å²) in [5.41, 5.74) is 0.126. The minimum absolute atomic E-state index is 0.126. The molecule has 1 fully saturated rings. The average molecular weight is 143 g/mol. The Morgan fingerprint density at radius 1 is 1.40 bits per heavy atom. The number of hydrogen-bond acceptors (Lipinski definition) is 3. The SMILES string of the molecule is C=NC1OCC(C)(C)CO1. The Bertz CT molecular complexity index is 124. The van der Waals surface area contributed by atoms with Crippen LogP contribution in [-0.4, -0.2) is 26.3 Å². The first-order valence-corrected chi connectivity index (χ1v) is 3.33. The van der Waals surface area contributed by atoms with Gasteiger partial charge in [-0.3, -0.25) is 0 Å². The minimum atomic E-state index is -0.437. The van der Waals surface area contributed by atoms with E-state index in [0.717, 1.165) is 0 Å². The zero-order chi connectivity index (χ0) is 7.61. The molecule has 58 valence electrons. The van der Waals surface area contributed by atoms with Gasteiger partial charge in [0.15, 0.2) is 0 Å². The van der Waals surface area contributed by atoms with Crippen molar-refractivity contribution in [3.8, 4) is 0 Å². The van der Waals surface area contributed by atoms with Gasteiger partial charge in [0.25, 0.3) is 6.41 Å². The van der Waals surface area contributed by atoms with Crippen molar-refractivity contribution in [3.05, 3.63) is 0 Å². The number of hydrogen-bond donors (Lipinski definition) is 0. The Balaban J connectivity index is 2.38. The summed E-state index contributed by atoms with van der Waals surface area (Å²) in [5, 5.41) is 0. The molecule has 0 saturated carbocycles. The Labute approximate surface area is 61.0 Å². The zero-order valence-corrected chi connectivity index (χ0v) is 6.46. The van der Waals surface area contributed by atoms with Crippen LogP contribution in [-0.2, 0) is 9.47 Å². The number of aliphatic imine (C=N–C) groups is 1. The first-order valence-electron chi connectivity index (χ1n) is 3.33. The van der Waals surface area contributed by atoms with E-state index >= 15 is 0 Å². The molecule has 10 heavy (non-hydrogen) atoms. The molecule has 0 aromatic rings. The molecule has 1 saturated heterocycles. The van der Waals surface area contributed by atoms with E-state index in [1.165, 1.54) is 0 Å². The second kappa shape index (κ2) is 2.68. The molecule has 1 aliphatic rings. The molecule has 3 nitrogen and oxygen atoms in total. The van der Waals surface area contributed by atoms with Gasteiger partial charge in [-0.15, -0.1) is 0 Å². The van der Waals surface area contributed by atoms with Gasteiger partial charge in [0.05, 0.1) is 13.2 Å². The molecule has 0 amide bonds. The first kappa shape index (κ1) is 7.69. The highest BCUT2D eigenvalue weighted by atomic mass is 16.7. The fourth-order valence-corrected chi connectivity index (χ4v) is 0.789. The molecule has 3 heteroatoms. The normalized spacial score (nSPS) is 26.2. The highest BCUT2D eigenvalue weighted by molar-refractivity contribution is 5.23. The number of nitrogens with zero attached hydrogens (tertiary/aromatic N) is 1. The van der Waals surface area contributed by atoms with Crippen LogP contribution in [0.5, 0.6) is 0 Å². The predicted octanol–water partition coefficient (Wildman–Crippen LogP) is 1.04. The zero-order valence-electron chi connectivity index (χ0n) is 6.46. The van der Waals surface area contributed by atoms with Gasteiger partial charge in [0, 0.05) is 5.41 Å². The molecule has 0 N–H and O–H groups in total. The molecule has 0 radical (unpaired) electrons. The van der Waals surface area contributed by atoms with E-state index in [-0.39, 0.29) is 5.41 Å². The van der Waals surface area contributed by atoms with Crippen LogP contribution in [0.1, 0.15) is 13.8 Å². The molecule has 0 bridgehead atoms. The van der Waals surface area contributed by atoms with E-state index in [1.807, 2.05) is 0 Å². The quantitative estimate of drug-likeness (QED) is 0.513. The lowest BCUT2D eigenvalue weighted by Crippen LogP contribution is -2.36.